The van der Waals surface area contributed by atoms with Gasteiger partial charge < -0.3 is 9.15 Å². The summed E-state index contributed by atoms with van der Waals surface area (Å²) in [5.41, 5.74) is 5.64. The van der Waals surface area contributed by atoms with Gasteiger partial charge in [-0.3, -0.25) is 0 Å². The molecule has 2 aromatic carbocycles. The molecule has 0 saturated heterocycles. The summed E-state index contributed by atoms with van der Waals surface area (Å²) in [6, 6.07) is 24.6. The number of hydrogen-bond acceptors (Lipinski definition) is 2. The predicted molar refractivity (Wildman–Crippen MR) is 92.8 cm³/mol. The van der Waals surface area contributed by atoms with Crippen molar-refractivity contribution in [1.82, 2.24) is 0 Å². The van der Waals surface area contributed by atoms with Crippen LogP contribution < -0.4 is 4.74 Å². The molecule has 0 bridgehead atoms. The van der Waals surface area contributed by atoms with Gasteiger partial charge in [0.05, 0.1) is 13.4 Å². The molecular weight excluding hydrogens is 284 g/mol. The summed E-state index contributed by atoms with van der Waals surface area (Å²) in [4.78, 5) is 0. The van der Waals surface area contributed by atoms with Crippen LogP contribution in [-0.2, 0) is 0 Å². The Hall–Kier alpha value is -3.00. The highest BCUT2D eigenvalue weighted by molar-refractivity contribution is 5.91. The first-order valence-corrected chi connectivity index (χ1v) is 7.57. The summed E-state index contributed by atoms with van der Waals surface area (Å²) in [6.07, 6.45) is 1.84. The van der Waals surface area contributed by atoms with Crippen LogP contribution in [0.5, 0.6) is 5.75 Å². The Bertz CT molecular complexity index is 889. The predicted octanol–water partition coefficient (Wildman–Crippen LogP) is 5.73. The largest absolute Gasteiger partial charge is 0.497 e. The smallest absolute Gasteiger partial charge is 0.141 e. The lowest BCUT2D eigenvalue weighted by molar-refractivity contribution is 0.415. The molecule has 1 aliphatic carbocycles. The Morgan fingerprint density at radius 2 is 1.39 bits per heavy atom. The van der Waals surface area contributed by atoms with Crippen LogP contribution in [0.1, 0.15) is 0 Å². The van der Waals surface area contributed by atoms with Gasteiger partial charge in [-0.25, -0.2) is 0 Å². The standard InChI is InChI=1S/C21H16O2/c1-22-17-12-10-16(11-13-17)21-19-9-5-8-18(19)20(14-23-21)15-6-3-2-4-7-15/h2-14H,1H3. The molecule has 2 aromatic rings. The molecule has 0 unspecified atom stereocenters. The average Bonchev–Trinajstić information content (AvgIpc) is 3.11. The summed E-state index contributed by atoms with van der Waals surface area (Å²) in [5, 5.41) is 0. The first-order chi connectivity index (χ1) is 11.4. The SMILES string of the molecule is COc1ccc(-c2occ(-c3ccccc3)c3cccc2-3)cc1. The van der Waals surface area contributed by atoms with E-state index in [9.17, 15) is 0 Å². The van der Waals surface area contributed by atoms with Gasteiger partial charge in [-0.05, 0) is 35.4 Å². The molecule has 0 aromatic heterocycles. The monoisotopic (exact) mass is 300 g/mol. The summed E-state index contributed by atoms with van der Waals surface area (Å²) in [7, 11) is 1.67. The van der Waals surface area contributed by atoms with E-state index in [4.69, 9.17) is 9.15 Å². The Balaban J connectivity index is 1.85. The van der Waals surface area contributed by atoms with E-state index in [-0.39, 0.29) is 0 Å². The second kappa shape index (κ2) is 5.65. The Morgan fingerprint density at radius 1 is 0.652 bits per heavy atom. The maximum Gasteiger partial charge on any atom is 0.141 e. The topological polar surface area (TPSA) is 22.4 Å². The van der Waals surface area contributed by atoms with Gasteiger partial charge in [-0.15, -0.1) is 0 Å². The molecule has 0 N–H and O–H groups in total. The fourth-order valence-corrected chi connectivity index (χ4v) is 2.90. The average molecular weight is 300 g/mol. The molecule has 2 aliphatic rings. The van der Waals surface area contributed by atoms with Gasteiger partial charge in [0.25, 0.3) is 0 Å². The molecule has 0 amide bonds. The van der Waals surface area contributed by atoms with E-state index in [0.29, 0.717) is 0 Å². The Labute approximate surface area is 135 Å². The van der Waals surface area contributed by atoms with Crippen LogP contribution in [0.15, 0.2) is 83.5 Å². The summed E-state index contributed by atoms with van der Waals surface area (Å²) in [6.45, 7) is 0. The van der Waals surface area contributed by atoms with Gasteiger partial charge in [0.15, 0.2) is 0 Å². The zero-order valence-corrected chi connectivity index (χ0v) is 12.8. The van der Waals surface area contributed by atoms with Crippen molar-refractivity contribution in [2.24, 2.45) is 0 Å². The zero-order valence-electron chi connectivity index (χ0n) is 12.8. The molecule has 1 heterocycles. The molecule has 4 rings (SSSR count). The van der Waals surface area contributed by atoms with Crippen molar-refractivity contribution < 1.29 is 9.15 Å². The van der Waals surface area contributed by atoms with Crippen LogP contribution >= 0.6 is 0 Å². The van der Waals surface area contributed by atoms with Crippen LogP contribution in [0, 0.1) is 0 Å². The van der Waals surface area contributed by atoms with E-state index in [1.165, 1.54) is 5.56 Å². The number of benzene rings is 2. The first-order valence-electron chi connectivity index (χ1n) is 7.57. The van der Waals surface area contributed by atoms with Crippen molar-refractivity contribution >= 4 is 0 Å². The molecule has 112 valence electrons. The zero-order chi connectivity index (χ0) is 15.6. The normalized spacial score (nSPS) is 10.8. The van der Waals surface area contributed by atoms with Crippen LogP contribution in [0.3, 0.4) is 0 Å². The maximum absolute atomic E-state index is 6.00. The van der Waals surface area contributed by atoms with Gasteiger partial charge in [-0.2, -0.15) is 0 Å². The van der Waals surface area contributed by atoms with Gasteiger partial charge in [0, 0.05) is 16.7 Å². The lowest BCUT2D eigenvalue weighted by Gasteiger charge is -2.13. The van der Waals surface area contributed by atoms with Gasteiger partial charge >= 0.3 is 0 Å². The van der Waals surface area contributed by atoms with Crippen LogP contribution in [-0.4, -0.2) is 7.11 Å². The van der Waals surface area contributed by atoms with E-state index in [2.05, 4.69) is 30.3 Å². The Morgan fingerprint density at radius 3 is 2.13 bits per heavy atom. The molecule has 2 heteroatoms. The number of rotatable bonds is 3. The minimum atomic E-state index is 0.841. The van der Waals surface area contributed by atoms with Crippen molar-refractivity contribution in [2.45, 2.75) is 0 Å². The highest BCUT2D eigenvalue weighted by atomic mass is 16.5. The minimum Gasteiger partial charge on any atom is -0.497 e. The van der Waals surface area contributed by atoms with Gasteiger partial charge in [0.2, 0.25) is 0 Å². The number of ether oxygens (including phenoxy) is 1. The van der Waals surface area contributed by atoms with Crippen LogP contribution in [0.2, 0.25) is 0 Å². The van der Waals surface area contributed by atoms with Crippen molar-refractivity contribution in [3.05, 3.63) is 79.1 Å². The third-order valence-corrected chi connectivity index (χ3v) is 4.08. The van der Waals surface area contributed by atoms with Crippen molar-refractivity contribution in [2.75, 3.05) is 7.11 Å². The fourth-order valence-electron chi connectivity index (χ4n) is 2.90. The molecule has 0 atom stereocenters. The van der Waals surface area contributed by atoms with E-state index < -0.39 is 0 Å². The quantitative estimate of drug-likeness (QED) is 0.482. The minimum absolute atomic E-state index is 0.841. The second-order valence-corrected chi connectivity index (χ2v) is 5.43. The van der Waals surface area contributed by atoms with Crippen molar-refractivity contribution in [3.8, 4) is 39.3 Å². The lowest BCUT2D eigenvalue weighted by Crippen LogP contribution is -1.88. The molecular formula is C21H16O2. The molecule has 0 spiro atoms. The third-order valence-electron chi connectivity index (χ3n) is 4.08. The van der Waals surface area contributed by atoms with Gasteiger partial charge in [-0.1, -0.05) is 48.5 Å². The highest BCUT2D eigenvalue weighted by Gasteiger charge is 2.17. The molecule has 1 aliphatic heterocycles. The van der Waals surface area contributed by atoms with Crippen molar-refractivity contribution in [3.63, 3.8) is 0 Å². The van der Waals surface area contributed by atoms with Crippen molar-refractivity contribution in [1.29, 1.82) is 0 Å². The van der Waals surface area contributed by atoms with E-state index >= 15 is 0 Å². The maximum atomic E-state index is 6.00. The summed E-state index contributed by atoms with van der Waals surface area (Å²) >= 11 is 0. The first kappa shape index (κ1) is 13.6. The molecule has 2 nitrogen and oxygen atoms in total. The van der Waals surface area contributed by atoms with Crippen LogP contribution in [0.25, 0.3) is 33.6 Å². The summed E-state index contributed by atoms with van der Waals surface area (Å²) in [5.74, 6) is 1.72. The fraction of sp³-hybridized carbons (Fsp3) is 0.0476. The van der Waals surface area contributed by atoms with Crippen LogP contribution in [0.4, 0.5) is 0 Å². The Kier molecular flexibility index (Phi) is 3.35. The number of fused-ring (bicyclic) bond motifs is 1. The molecule has 0 fully saturated rings. The van der Waals surface area contributed by atoms with E-state index in [0.717, 1.165) is 33.8 Å². The van der Waals surface area contributed by atoms with Gasteiger partial charge in [0.1, 0.15) is 11.5 Å². The molecule has 23 heavy (non-hydrogen) atoms. The highest BCUT2D eigenvalue weighted by Crippen LogP contribution is 2.41. The second-order valence-electron chi connectivity index (χ2n) is 5.43. The number of methoxy groups -OCH3 is 1. The number of hydrogen-bond donors (Lipinski definition) is 0. The molecule has 0 radical (unpaired) electrons. The van der Waals surface area contributed by atoms with E-state index in [1.54, 1.807) is 7.11 Å². The lowest BCUT2D eigenvalue weighted by atomic mass is 9.96. The summed E-state index contributed by atoms with van der Waals surface area (Å²) < 4.78 is 11.2. The molecule has 0 saturated carbocycles. The third kappa shape index (κ3) is 2.38. The van der Waals surface area contributed by atoms with E-state index in [1.807, 2.05) is 48.7 Å².